The molecule has 2 atom stereocenters. The number of ether oxygens (including phenoxy) is 2. The maximum atomic E-state index is 5.82. The molecule has 2 aliphatic rings. The molecular weight excluding hydrogens is 480 g/mol. The summed E-state index contributed by atoms with van der Waals surface area (Å²) in [7, 11) is 0. The summed E-state index contributed by atoms with van der Waals surface area (Å²) in [5, 5.41) is 0. The predicted molar refractivity (Wildman–Crippen MR) is 108 cm³/mol. The molecule has 8 heteroatoms. The number of benzene rings is 2. The summed E-state index contributed by atoms with van der Waals surface area (Å²) < 4.78 is 11.6. The van der Waals surface area contributed by atoms with E-state index in [1.807, 2.05) is 54.6 Å². The van der Waals surface area contributed by atoms with Crippen molar-refractivity contribution < 1.29 is 51.1 Å². The summed E-state index contributed by atoms with van der Waals surface area (Å²) in [5.41, 5.74) is 3.68. The van der Waals surface area contributed by atoms with Gasteiger partial charge < -0.3 is 34.3 Å². The molecule has 0 bridgehead atoms. The Kier molecular flexibility index (Phi) is 9.07. The molecule has 2 aromatic carbocycles. The molecule has 1 aromatic heterocycles. The first-order valence-corrected chi connectivity index (χ1v) is 9.36. The van der Waals surface area contributed by atoms with Crippen molar-refractivity contribution >= 4 is 11.8 Å². The second kappa shape index (κ2) is 11.3. The van der Waals surface area contributed by atoms with Crippen LogP contribution in [0.1, 0.15) is 34.6 Å². The number of rotatable bonds is 4. The summed E-state index contributed by atoms with van der Waals surface area (Å²) in [6.45, 7) is 1.05. The molecule has 5 nitrogen and oxygen atoms in total. The Morgan fingerprint density at radius 2 is 1.00 bits per heavy atom. The van der Waals surface area contributed by atoms with Gasteiger partial charge in [0.25, 0.3) is 0 Å². The van der Waals surface area contributed by atoms with Crippen molar-refractivity contribution in [1.82, 2.24) is 4.98 Å². The molecule has 0 N–H and O–H groups in total. The average molecular weight is 499 g/mol. The van der Waals surface area contributed by atoms with E-state index in [4.69, 9.17) is 19.5 Å². The quantitative estimate of drug-likeness (QED) is 0.423. The number of hydrogen-bond acceptors (Lipinski definition) is 5. The molecule has 3 heterocycles. The fourth-order valence-corrected chi connectivity index (χ4v) is 3.39. The fourth-order valence-electron chi connectivity index (χ4n) is 3.39. The van der Waals surface area contributed by atoms with Gasteiger partial charge in [0.1, 0.15) is 36.7 Å². The zero-order chi connectivity index (χ0) is 18.8. The third-order valence-electron chi connectivity index (χ3n) is 4.86. The van der Waals surface area contributed by atoms with Gasteiger partial charge in [0.2, 0.25) is 11.8 Å². The normalized spacial score (nSPS) is 18.8. The van der Waals surface area contributed by atoms with Gasteiger partial charge in [0, 0.05) is 0 Å². The molecule has 31 heavy (non-hydrogen) atoms. The minimum absolute atomic E-state index is 0. The van der Waals surface area contributed by atoms with Crippen LogP contribution < -0.4 is 24.8 Å². The van der Waals surface area contributed by atoms with E-state index in [0.717, 1.165) is 11.1 Å². The molecule has 5 rings (SSSR count). The second-order valence-electron chi connectivity index (χ2n) is 6.75. The monoisotopic (exact) mass is 498 g/mol. The molecule has 0 spiro atoms. The van der Waals surface area contributed by atoms with Crippen LogP contribution in [-0.4, -0.2) is 30.0 Å². The molecule has 0 fully saturated rings. The maximum Gasteiger partial charge on any atom is 2.00 e. The van der Waals surface area contributed by atoms with Gasteiger partial charge in [-0.3, -0.25) is 0 Å². The Morgan fingerprint density at radius 1 is 0.581 bits per heavy atom. The zero-order valence-corrected chi connectivity index (χ0v) is 18.9. The van der Waals surface area contributed by atoms with Gasteiger partial charge in [-0.1, -0.05) is 66.7 Å². The van der Waals surface area contributed by atoms with Gasteiger partial charge in [-0.25, -0.2) is 15.0 Å². The van der Waals surface area contributed by atoms with Gasteiger partial charge in [0.15, 0.2) is 0 Å². The Balaban J connectivity index is 0.00000114. The summed E-state index contributed by atoms with van der Waals surface area (Å²) in [4.78, 5) is 14.1. The van der Waals surface area contributed by atoms with Gasteiger partial charge in [0.05, 0.1) is 0 Å². The summed E-state index contributed by atoms with van der Waals surface area (Å²) >= 11 is 0. The van der Waals surface area contributed by atoms with Gasteiger partial charge in [-0.15, -0.1) is 0 Å². The van der Waals surface area contributed by atoms with Crippen LogP contribution in [0.25, 0.3) is 0 Å². The first-order chi connectivity index (χ1) is 13.9. The summed E-state index contributed by atoms with van der Waals surface area (Å²) in [5.74, 6) is 1.13. The standard InChI is InChI=1S/C23H19N3O2.2ClH.Co/c1-3-8-16(9-4-1)20-14-27-22(25-20)18-12-7-13-19(24-18)23-26-21(15-28-23)17-10-5-2-6-11-17;;;/h1-13,20-21H,14-15H2;2*1H;/q;;;+2/p-2. The van der Waals surface area contributed by atoms with Crippen LogP contribution in [0.15, 0.2) is 88.8 Å². The number of hydrogen-bond donors (Lipinski definition) is 0. The molecule has 0 saturated carbocycles. The van der Waals surface area contributed by atoms with Crippen molar-refractivity contribution in [2.45, 2.75) is 12.1 Å². The first kappa shape index (κ1) is 24.9. The van der Waals surface area contributed by atoms with E-state index in [9.17, 15) is 0 Å². The molecule has 2 unspecified atom stereocenters. The minimum atomic E-state index is 0. The topological polar surface area (TPSA) is 56.1 Å². The van der Waals surface area contributed by atoms with Crippen LogP contribution in [0.4, 0.5) is 0 Å². The fraction of sp³-hybridized carbons (Fsp3) is 0.174. The number of aliphatic imine (C=N–C) groups is 2. The summed E-state index contributed by atoms with van der Waals surface area (Å²) in [6.07, 6.45) is 0. The van der Waals surface area contributed by atoms with Crippen LogP contribution >= 0.6 is 0 Å². The van der Waals surface area contributed by atoms with Crippen molar-refractivity contribution in [3.8, 4) is 0 Å². The Hall–Kier alpha value is -2.38. The van der Waals surface area contributed by atoms with E-state index >= 15 is 0 Å². The van der Waals surface area contributed by atoms with Gasteiger partial charge in [-0.05, 0) is 23.3 Å². The second-order valence-corrected chi connectivity index (χ2v) is 6.75. The molecule has 161 valence electrons. The third-order valence-corrected chi connectivity index (χ3v) is 4.86. The Labute approximate surface area is 204 Å². The third kappa shape index (κ3) is 5.46. The van der Waals surface area contributed by atoms with Crippen LogP contribution in [0.3, 0.4) is 0 Å². The molecule has 0 amide bonds. The largest absolute Gasteiger partial charge is 2.00 e. The molecule has 2 aliphatic heterocycles. The smallest absolute Gasteiger partial charge is 1.00 e. The molecular formula is C23H19Cl2CoN3O2. The van der Waals surface area contributed by atoms with Crippen molar-refractivity contribution in [1.29, 1.82) is 0 Å². The number of halogens is 2. The minimum Gasteiger partial charge on any atom is -1.00 e. The molecule has 0 saturated heterocycles. The average Bonchev–Trinajstić information content (AvgIpc) is 3.46. The summed E-state index contributed by atoms with van der Waals surface area (Å²) in [6, 6.07) is 26.1. The van der Waals surface area contributed by atoms with Crippen molar-refractivity contribution in [2.24, 2.45) is 9.98 Å². The zero-order valence-electron chi connectivity index (χ0n) is 16.3. The number of aromatic nitrogens is 1. The van der Waals surface area contributed by atoms with Crippen LogP contribution in [0.5, 0.6) is 0 Å². The van der Waals surface area contributed by atoms with E-state index in [1.165, 1.54) is 0 Å². The van der Waals surface area contributed by atoms with Crippen LogP contribution in [0.2, 0.25) is 0 Å². The first-order valence-electron chi connectivity index (χ1n) is 9.36. The van der Waals surface area contributed by atoms with Crippen molar-refractivity contribution in [2.75, 3.05) is 13.2 Å². The Morgan fingerprint density at radius 3 is 1.42 bits per heavy atom. The van der Waals surface area contributed by atoms with E-state index < -0.39 is 0 Å². The molecule has 0 aliphatic carbocycles. The van der Waals surface area contributed by atoms with E-state index in [0.29, 0.717) is 36.4 Å². The number of pyridine rings is 1. The molecule has 3 aromatic rings. The van der Waals surface area contributed by atoms with Gasteiger partial charge >= 0.3 is 16.8 Å². The van der Waals surface area contributed by atoms with Crippen LogP contribution in [-0.2, 0) is 26.3 Å². The SMILES string of the molecule is [Cl-].[Cl-].[Co+2].c1ccc(C2COC(c3cccc(C4=NC(c5ccccc5)CO4)n3)=N2)cc1. The maximum absolute atomic E-state index is 5.82. The van der Waals surface area contributed by atoms with Crippen LogP contribution in [0, 0.1) is 0 Å². The predicted octanol–water partition coefficient (Wildman–Crippen LogP) is -1.88. The van der Waals surface area contributed by atoms with E-state index in [-0.39, 0.29) is 53.7 Å². The molecule has 1 radical (unpaired) electrons. The van der Waals surface area contributed by atoms with E-state index in [1.54, 1.807) is 0 Å². The van der Waals surface area contributed by atoms with Crippen molar-refractivity contribution in [3.05, 3.63) is 101 Å². The van der Waals surface area contributed by atoms with E-state index in [2.05, 4.69) is 29.2 Å². The Bertz CT molecular complexity index is 968. The van der Waals surface area contributed by atoms with Gasteiger partial charge in [-0.2, -0.15) is 0 Å². The van der Waals surface area contributed by atoms with Crippen molar-refractivity contribution in [3.63, 3.8) is 0 Å². The number of nitrogens with zero attached hydrogens (tertiary/aromatic N) is 3.